The van der Waals surface area contributed by atoms with Gasteiger partial charge in [0, 0.05) is 12.3 Å². The molecule has 19 heavy (non-hydrogen) atoms. The molecule has 2 saturated heterocycles. The third kappa shape index (κ3) is 1.14. The van der Waals surface area contributed by atoms with E-state index in [0.717, 1.165) is 18.8 Å². The monoisotopic (exact) mass is 263 g/mol. The van der Waals surface area contributed by atoms with Gasteiger partial charge in [-0.05, 0) is 43.9 Å². The lowest BCUT2D eigenvalue weighted by molar-refractivity contribution is -0.224. The Labute approximate surface area is 115 Å². The second kappa shape index (κ2) is 3.03. The number of carbonyl (C=O) groups is 1. The summed E-state index contributed by atoms with van der Waals surface area (Å²) in [5, 5.41) is 0. The van der Waals surface area contributed by atoms with Gasteiger partial charge in [0.1, 0.15) is 5.72 Å². The zero-order valence-electron chi connectivity index (χ0n) is 12.7. The van der Waals surface area contributed by atoms with Crippen molar-refractivity contribution in [1.82, 2.24) is 4.90 Å². The van der Waals surface area contributed by atoms with E-state index in [1.165, 1.54) is 6.42 Å². The number of hydrogen-bond donors (Lipinski definition) is 0. The van der Waals surface area contributed by atoms with Crippen LogP contribution in [-0.4, -0.2) is 28.2 Å². The highest BCUT2D eigenvalue weighted by Gasteiger charge is 2.73. The molecule has 0 unspecified atom stereocenters. The molecule has 0 N–H and O–H groups in total. The first-order chi connectivity index (χ1) is 8.70. The molecule has 1 amide bonds. The Kier molecular flexibility index (Phi) is 1.94. The van der Waals surface area contributed by atoms with Crippen LogP contribution in [0.25, 0.3) is 0 Å². The Morgan fingerprint density at radius 1 is 1.21 bits per heavy atom. The quantitative estimate of drug-likeness (QED) is 0.672. The number of fused-ring (bicyclic) bond motifs is 1. The second-order valence-electron chi connectivity index (χ2n) is 8.33. The molecular formula is C16H25NO2. The number of rotatable bonds is 0. The van der Waals surface area contributed by atoms with E-state index in [0.29, 0.717) is 23.3 Å². The first-order valence-electron chi connectivity index (χ1n) is 7.73. The maximum atomic E-state index is 12.5. The molecule has 0 radical (unpaired) electrons. The van der Waals surface area contributed by atoms with Gasteiger partial charge in [-0.3, -0.25) is 4.79 Å². The molecule has 3 aliphatic carbocycles. The van der Waals surface area contributed by atoms with Gasteiger partial charge in [0.05, 0.1) is 11.6 Å². The minimum atomic E-state index is -0.344. The molecule has 2 heterocycles. The fraction of sp³-hybridized carbons (Fsp3) is 0.938. The summed E-state index contributed by atoms with van der Waals surface area (Å²) in [4.78, 5) is 14.6. The second-order valence-corrected chi connectivity index (χ2v) is 8.33. The number of amides is 1. The van der Waals surface area contributed by atoms with Crippen LogP contribution in [-0.2, 0) is 9.53 Å². The molecule has 3 nitrogen and oxygen atoms in total. The van der Waals surface area contributed by atoms with Gasteiger partial charge in [0.15, 0.2) is 0 Å². The van der Waals surface area contributed by atoms with Crippen LogP contribution >= 0.6 is 0 Å². The lowest BCUT2D eigenvalue weighted by Gasteiger charge is -2.65. The van der Waals surface area contributed by atoms with Gasteiger partial charge in [-0.1, -0.05) is 20.8 Å². The minimum absolute atomic E-state index is 0.122. The van der Waals surface area contributed by atoms with Gasteiger partial charge in [-0.2, -0.15) is 0 Å². The molecule has 0 aromatic rings. The highest BCUT2D eigenvalue weighted by atomic mass is 16.6. The van der Waals surface area contributed by atoms with Gasteiger partial charge >= 0.3 is 0 Å². The number of nitrogens with zero attached hydrogens (tertiary/aromatic N) is 1. The molecule has 6 atom stereocenters. The zero-order valence-corrected chi connectivity index (χ0v) is 12.7. The highest BCUT2D eigenvalue weighted by Crippen LogP contribution is 2.68. The lowest BCUT2D eigenvalue weighted by Crippen LogP contribution is -2.67. The minimum Gasteiger partial charge on any atom is -0.347 e. The Morgan fingerprint density at radius 3 is 2.53 bits per heavy atom. The van der Waals surface area contributed by atoms with Crippen LogP contribution in [0.15, 0.2) is 0 Å². The van der Waals surface area contributed by atoms with E-state index >= 15 is 0 Å². The number of ether oxygens (including phenoxy) is 1. The maximum Gasteiger partial charge on any atom is 0.228 e. The smallest absolute Gasteiger partial charge is 0.228 e. The summed E-state index contributed by atoms with van der Waals surface area (Å²) < 4.78 is 6.60. The van der Waals surface area contributed by atoms with E-state index in [2.05, 4.69) is 32.6 Å². The predicted octanol–water partition coefficient (Wildman–Crippen LogP) is 2.79. The average molecular weight is 263 g/mol. The Morgan fingerprint density at radius 2 is 1.89 bits per heavy atom. The molecule has 2 aliphatic heterocycles. The van der Waals surface area contributed by atoms with Crippen LogP contribution in [0.1, 0.15) is 53.9 Å². The van der Waals surface area contributed by atoms with Gasteiger partial charge in [0.25, 0.3) is 0 Å². The molecular weight excluding hydrogens is 238 g/mol. The van der Waals surface area contributed by atoms with Crippen LogP contribution in [0.4, 0.5) is 0 Å². The molecule has 0 spiro atoms. The first kappa shape index (κ1) is 12.2. The van der Waals surface area contributed by atoms with Crippen molar-refractivity contribution in [2.75, 3.05) is 0 Å². The van der Waals surface area contributed by atoms with E-state index in [1.807, 2.05) is 6.92 Å². The van der Waals surface area contributed by atoms with Gasteiger partial charge in [0.2, 0.25) is 5.91 Å². The molecule has 3 saturated carbocycles. The van der Waals surface area contributed by atoms with E-state index in [1.54, 1.807) is 0 Å². The van der Waals surface area contributed by atoms with Crippen molar-refractivity contribution < 1.29 is 9.53 Å². The van der Waals surface area contributed by atoms with Crippen molar-refractivity contribution in [3.63, 3.8) is 0 Å². The standard InChI is InChI=1S/C16H25NO2/c1-9-8-15(4)17(13(9)18)12-7-10-6-11(14(10,2)3)16(12,5)19-15/h9-12H,6-8H2,1-5H3/t9-,10+,11+,12-,15+,16+/m0/s1. The summed E-state index contributed by atoms with van der Waals surface area (Å²) in [5.41, 5.74) is -0.0810. The fourth-order valence-corrected chi connectivity index (χ4v) is 5.90. The van der Waals surface area contributed by atoms with E-state index in [-0.39, 0.29) is 17.2 Å². The molecule has 0 aromatic carbocycles. The van der Waals surface area contributed by atoms with Crippen LogP contribution in [0, 0.1) is 23.2 Å². The summed E-state index contributed by atoms with van der Waals surface area (Å²) in [6.45, 7) is 11.2. The largest absolute Gasteiger partial charge is 0.347 e. The van der Waals surface area contributed by atoms with Crippen molar-refractivity contribution in [2.24, 2.45) is 23.2 Å². The SMILES string of the molecule is C[C@H]1C[C@@]2(C)O[C@@]3(C)[C@H](C[C@H]4C[C@@H]3C4(C)C)N2C1=O. The summed E-state index contributed by atoms with van der Waals surface area (Å²) in [6, 6.07) is 0.312. The third-order valence-corrected chi connectivity index (χ3v) is 6.94. The normalized spacial score (nSPS) is 57.7. The zero-order chi connectivity index (χ0) is 13.8. The van der Waals surface area contributed by atoms with E-state index in [9.17, 15) is 4.79 Å². The van der Waals surface area contributed by atoms with Crippen molar-refractivity contribution >= 4 is 5.91 Å². The molecule has 0 aromatic heterocycles. The fourth-order valence-electron chi connectivity index (χ4n) is 5.90. The number of hydrogen-bond acceptors (Lipinski definition) is 2. The van der Waals surface area contributed by atoms with Crippen molar-refractivity contribution in [3.8, 4) is 0 Å². The summed E-state index contributed by atoms with van der Waals surface area (Å²) in [7, 11) is 0. The van der Waals surface area contributed by atoms with Gasteiger partial charge in [-0.15, -0.1) is 0 Å². The highest BCUT2D eigenvalue weighted by molar-refractivity contribution is 5.82. The van der Waals surface area contributed by atoms with Crippen molar-refractivity contribution in [2.45, 2.75) is 71.2 Å². The topological polar surface area (TPSA) is 29.5 Å². The molecule has 5 fully saturated rings. The Bertz CT molecular complexity index is 473. The Balaban J connectivity index is 1.77. The summed E-state index contributed by atoms with van der Waals surface area (Å²) >= 11 is 0. The molecule has 3 heteroatoms. The predicted molar refractivity (Wildman–Crippen MR) is 72.3 cm³/mol. The molecule has 5 rings (SSSR count). The van der Waals surface area contributed by atoms with Crippen molar-refractivity contribution in [3.05, 3.63) is 0 Å². The summed E-state index contributed by atoms with van der Waals surface area (Å²) in [5.74, 6) is 1.82. The van der Waals surface area contributed by atoms with Crippen molar-refractivity contribution in [1.29, 1.82) is 0 Å². The van der Waals surface area contributed by atoms with E-state index < -0.39 is 0 Å². The Hall–Kier alpha value is -0.570. The lowest BCUT2D eigenvalue weighted by atomic mass is 9.43. The van der Waals surface area contributed by atoms with E-state index in [4.69, 9.17) is 4.74 Å². The van der Waals surface area contributed by atoms with Gasteiger partial charge in [-0.25, -0.2) is 0 Å². The first-order valence-corrected chi connectivity index (χ1v) is 7.73. The molecule has 5 aliphatic rings. The van der Waals surface area contributed by atoms with Crippen LogP contribution in [0.5, 0.6) is 0 Å². The summed E-state index contributed by atoms with van der Waals surface area (Å²) in [6.07, 6.45) is 3.28. The van der Waals surface area contributed by atoms with Gasteiger partial charge < -0.3 is 9.64 Å². The van der Waals surface area contributed by atoms with Crippen LogP contribution in [0.2, 0.25) is 0 Å². The number of carbonyl (C=O) groups excluding carboxylic acids is 1. The average Bonchev–Trinajstić information content (AvgIpc) is 2.64. The molecule has 2 bridgehead atoms. The molecule has 106 valence electrons. The third-order valence-electron chi connectivity index (χ3n) is 6.94. The maximum absolute atomic E-state index is 12.5. The van der Waals surface area contributed by atoms with Crippen LogP contribution in [0.3, 0.4) is 0 Å². The van der Waals surface area contributed by atoms with Crippen LogP contribution < -0.4 is 0 Å².